The maximum Gasteiger partial charge on any atom is 0.255 e. The Hall–Kier alpha value is -2.31. The minimum absolute atomic E-state index is 0. The van der Waals surface area contributed by atoms with Gasteiger partial charge in [-0.2, -0.15) is 0 Å². The maximum atomic E-state index is 13.8. The first-order valence-corrected chi connectivity index (χ1v) is 14.0. The fourth-order valence-corrected chi connectivity index (χ4v) is 10.1. The number of phenolic OH excluding ortho intramolecular Hbond substituents is 1. The predicted molar refractivity (Wildman–Crippen MR) is 143 cm³/mol. The summed E-state index contributed by atoms with van der Waals surface area (Å²) in [6, 6.07) is 10.2. The van der Waals surface area contributed by atoms with Crippen LogP contribution in [0.2, 0.25) is 0 Å². The number of hydrogen-bond donors (Lipinski definition) is 1. The number of aryl methyl sites for hydroxylation is 1. The molecule has 3 heterocycles. The van der Waals surface area contributed by atoms with Gasteiger partial charge < -0.3 is 14.6 Å². The van der Waals surface area contributed by atoms with Crippen molar-refractivity contribution in [1.29, 1.82) is 0 Å². The van der Waals surface area contributed by atoms with E-state index in [1.54, 1.807) is 19.3 Å². The van der Waals surface area contributed by atoms with E-state index in [0.717, 1.165) is 38.3 Å². The predicted octanol–water partition coefficient (Wildman–Crippen LogP) is 3.73. The normalized spacial score (nSPS) is 37.1. The zero-order chi connectivity index (χ0) is 24.4. The number of piperidine rings is 1. The number of aromatic hydroxyl groups is 1. The molecule has 1 amide bonds. The van der Waals surface area contributed by atoms with Crippen LogP contribution in [0.3, 0.4) is 0 Å². The number of benzene rings is 1. The Morgan fingerprint density at radius 3 is 2.76 bits per heavy atom. The molecular formula is C30H36ClN3O3. The number of likely N-dealkylation sites (tertiary alicyclic amines) is 2. The molecule has 4 bridgehead atoms. The molecule has 196 valence electrons. The summed E-state index contributed by atoms with van der Waals surface area (Å²) in [4.78, 5) is 30.8. The topological polar surface area (TPSA) is 65.8 Å². The second kappa shape index (κ2) is 7.86. The minimum atomic E-state index is -0.0891. The van der Waals surface area contributed by atoms with Crippen LogP contribution >= 0.6 is 12.4 Å². The summed E-state index contributed by atoms with van der Waals surface area (Å²) in [6.07, 6.45) is 10.2. The number of fused-ring (bicyclic) bond motifs is 1. The molecule has 3 saturated carbocycles. The summed E-state index contributed by atoms with van der Waals surface area (Å²) < 4.78 is 1.51. The van der Waals surface area contributed by atoms with Crippen LogP contribution in [0, 0.1) is 23.2 Å². The van der Waals surface area contributed by atoms with Crippen molar-refractivity contribution in [2.24, 2.45) is 30.2 Å². The number of hydrogen-bond acceptors (Lipinski definition) is 4. The van der Waals surface area contributed by atoms with Crippen molar-refractivity contribution in [1.82, 2.24) is 14.4 Å². The number of rotatable bonds is 3. The first kappa shape index (κ1) is 23.8. The molecule has 8 rings (SSSR count). The largest absolute Gasteiger partial charge is 0.508 e. The van der Waals surface area contributed by atoms with E-state index in [1.807, 2.05) is 6.07 Å². The van der Waals surface area contributed by atoms with Crippen LogP contribution in [0.5, 0.6) is 5.75 Å². The molecular weight excluding hydrogens is 486 g/mol. The standard InChI is InChI=1S/C30H35N3O3.ClH/c1-31-16-20(5-7-26(31)35)28(36)33-17-21-14-29-9-8-24(33)27(21)30(29)10-11-32(15-18-2-3-18)25(29)12-19-4-6-22(34)13-23(19)30;/h4-7,13,16,18,21,24-25,27,34H,2-3,8-12,14-15,17H2,1H3;1H/t21-,24-,25-,27-,29-,30+;/m1./s1. The highest BCUT2D eigenvalue weighted by Gasteiger charge is 2.76. The van der Waals surface area contributed by atoms with E-state index >= 15 is 0 Å². The summed E-state index contributed by atoms with van der Waals surface area (Å²) in [6.45, 7) is 3.22. The molecule has 0 spiro atoms. The van der Waals surface area contributed by atoms with E-state index in [0.29, 0.717) is 29.2 Å². The number of amides is 1. The van der Waals surface area contributed by atoms with Crippen LogP contribution in [0.15, 0.2) is 41.3 Å². The van der Waals surface area contributed by atoms with Gasteiger partial charge in [0.2, 0.25) is 5.56 Å². The average Bonchev–Trinajstić information content (AvgIpc) is 3.56. The highest BCUT2D eigenvalue weighted by molar-refractivity contribution is 5.94. The summed E-state index contributed by atoms with van der Waals surface area (Å²) in [5, 5.41) is 10.6. The third-order valence-corrected chi connectivity index (χ3v) is 11.4. The van der Waals surface area contributed by atoms with E-state index in [4.69, 9.17) is 0 Å². The minimum Gasteiger partial charge on any atom is -0.508 e. The summed E-state index contributed by atoms with van der Waals surface area (Å²) in [7, 11) is 1.72. The second-order valence-electron chi connectivity index (χ2n) is 12.8. The quantitative estimate of drug-likeness (QED) is 0.668. The van der Waals surface area contributed by atoms with Gasteiger partial charge in [-0.05, 0) is 104 Å². The Bertz CT molecular complexity index is 1350. The molecule has 0 unspecified atom stereocenters. The molecule has 7 heteroatoms. The summed E-state index contributed by atoms with van der Waals surface area (Å²) in [5.74, 6) is 2.30. The van der Waals surface area contributed by atoms with E-state index in [9.17, 15) is 14.7 Å². The van der Waals surface area contributed by atoms with Crippen molar-refractivity contribution in [2.45, 2.75) is 62.4 Å². The third-order valence-electron chi connectivity index (χ3n) is 11.4. The Morgan fingerprint density at radius 2 is 1.97 bits per heavy atom. The Kier molecular flexibility index (Phi) is 5.05. The molecule has 0 radical (unpaired) electrons. The van der Waals surface area contributed by atoms with Crippen LogP contribution in [0.25, 0.3) is 0 Å². The summed E-state index contributed by atoms with van der Waals surface area (Å²) in [5.41, 5.74) is 3.67. The molecule has 1 N–H and O–H groups in total. The van der Waals surface area contributed by atoms with Crippen molar-refractivity contribution < 1.29 is 9.90 Å². The van der Waals surface area contributed by atoms with Crippen LogP contribution in [-0.4, -0.2) is 57.1 Å². The van der Waals surface area contributed by atoms with Gasteiger partial charge in [0.05, 0.1) is 5.56 Å². The average molecular weight is 522 g/mol. The lowest BCUT2D eigenvalue weighted by Gasteiger charge is -2.66. The number of halogens is 1. The molecule has 2 aromatic rings. The molecule has 1 aromatic carbocycles. The molecule has 2 aliphatic heterocycles. The van der Waals surface area contributed by atoms with Gasteiger partial charge in [-0.25, -0.2) is 0 Å². The zero-order valence-corrected chi connectivity index (χ0v) is 22.3. The smallest absolute Gasteiger partial charge is 0.255 e. The fourth-order valence-electron chi connectivity index (χ4n) is 10.1. The van der Waals surface area contributed by atoms with Crippen molar-refractivity contribution in [3.05, 3.63) is 63.6 Å². The number of aromatic nitrogens is 1. The Labute approximate surface area is 224 Å². The van der Waals surface area contributed by atoms with Crippen LogP contribution in [0.1, 0.15) is 60.0 Å². The van der Waals surface area contributed by atoms with Gasteiger partial charge in [0.1, 0.15) is 5.75 Å². The van der Waals surface area contributed by atoms with Crippen molar-refractivity contribution in [3.8, 4) is 5.75 Å². The lowest BCUT2D eigenvalue weighted by atomic mass is 9.43. The van der Waals surface area contributed by atoms with Gasteiger partial charge in [0.15, 0.2) is 0 Å². The maximum absolute atomic E-state index is 13.8. The van der Waals surface area contributed by atoms with Crippen LogP contribution < -0.4 is 5.56 Å². The summed E-state index contributed by atoms with van der Waals surface area (Å²) >= 11 is 0. The van der Waals surface area contributed by atoms with E-state index in [2.05, 4.69) is 21.9 Å². The second-order valence-corrected chi connectivity index (χ2v) is 12.8. The number of phenols is 1. The Morgan fingerprint density at radius 1 is 1.14 bits per heavy atom. The van der Waals surface area contributed by atoms with Gasteiger partial charge in [0.25, 0.3) is 5.91 Å². The first-order valence-electron chi connectivity index (χ1n) is 14.0. The number of pyridine rings is 1. The van der Waals surface area contributed by atoms with Crippen LogP contribution in [-0.2, 0) is 18.9 Å². The molecule has 6 aliphatic rings. The van der Waals surface area contributed by atoms with Crippen LogP contribution in [0.4, 0.5) is 0 Å². The molecule has 6 atom stereocenters. The molecule has 4 aliphatic carbocycles. The highest BCUT2D eigenvalue weighted by Crippen LogP contribution is 2.75. The lowest BCUT2D eigenvalue weighted by molar-refractivity contribution is -0.102. The van der Waals surface area contributed by atoms with Gasteiger partial charge in [-0.3, -0.25) is 14.5 Å². The lowest BCUT2D eigenvalue weighted by Crippen LogP contribution is -2.69. The number of carbonyl (C=O) groups is 1. The first-order chi connectivity index (χ1) is 17.4. The number of carbonyl (C=O) groups excluding carboxylic acids is 1. The van der Waals surface area contributed by atoms with Crippen molar-refractivity contribution >= 4 is 18.3 Å². The molecule has 1 aromatic heterocycles. The third kappa shape index (κ3) is 2.97. The zero-order valence-electron chi connectivity index (χ0n) is 21.4. The fraction of sp³-hybridized carbons (Fsp3) is 0.600. The Balaban J connectivity index is 0.00000231. The van der Waals surface area contributed by atoms with Crippen molar-refractivity contribution in [3.63, 3.8) is 0 Å². The SMILES string of the molecule is Cl.Cn1cc(C(=O)N2C[C@H]3C[C@@]45CC[C@@H]2[C@@H]3[C@@]42CCN(CC3CC3)[C@@H]5Cc3ccc(O)cc32)ccc1=O. The molecule has 2 saturated heterocycles. The van der Waals surface area contributed by atoms with E-state index in [-0.39, 0.29) is 40.7 Å². The van der Waals surface area contributed by atoms with Gasteiger partial charge >= 0.3 is 0 Å². The highest BCUT2D eigenvalue weighted by atomic mass is 35.5. The van der Waals surface area contributed by atoms with Gasteiger partial charge in [-0.1, -0.05) is 6.07 Å². The monoisotopic (exact) mass is 521 g/mol. The van der Waals surface area contributed by atoms with E-state index < -0.39 is 0 Å². The molecule has 6 nitrogen and oxygen atoms in total. The molecule has 5 fully saturated rings. The number of nitrogens with zero attached hydrogens (tertiary/aromatic N) is 3. The van der Waals surface area contributed by atoms with Gasteiger partial charge in [0, 0.05) is 49.9 Å². The van der Waals surface area contributed by atoms with E-state index in [1.165, 1.54) is 54.0 Å². The van der Waals surface area contributed by atoms with Crippen molar-refractivity contribution in [2.75, 3.05) is 19.6 Å². The molecule has 37 heavy (non-hydrogen) atoms. The van der Waals surface area contributed by atoms with Gasteiger partial charge in [-0.15, -0.1) is 12.4 Å².